The number of carbonyl (C=O) groups is 2. The first-order chi connectivity index (χ1) is 39.6. The molecule has 5 aromatic carbocycles. The van der Waals surface area contributed by atoms with Crippen molar-refractivity contribution in [2.75, 3.05) is 13.1 Å². The van der Waals surface area contributed by atoms with Crippen LogP contribution in [0.3, 0.4) is 0 Å². The van der Waals surface area contributed by atoms with E-state index < -0.39 is 0 Å². The summed E-state index contributed by atoms with van der Waals surface area (Å²) in [5, 5.41) is 4.73. The van der Waals surface area contributed by atoms with Gasteiger partial charge in [-0.1, -0.05) is 162 Å². The molecule has 0 saturated carbocycles. The molecule has 0 aliphatic carbocycles. The number of hydrogen-bond donors (Lipinski definition) is 0. The smallest absolute Gasteiger partial charge is 0.266 e. The van der Waals surface area contributed by atoms with E-state index in [1.54, 1.807) is 32.5 Å². The number of amides is 2. The first kappa shape index (κ1) is 55.7. The standard InChI is InChI=1S/C66H64N6O2S7/c1-5-9-11-13-15-17-33-71-63(73)59(79-65(71)75)37-41-19-25-51-47(35-41)49-39-43(21-27-53(49)69(51)7-3)55-29-31-57(77-55)45-23-24-46(62-61(45)67-81-68-62)58-32-30-56(78-58)44-22-28-54-50(40-44)48-36-42(20-26-52(48)70(54)8-4)38-60-64(74)72(66(76)80-60)34-18-16-14-12-10-6-2/h19-32,35-40H,5-18,33-34H2,1-4H3/b59-37-,60-38-. The molecule has 0 N–H and O–H groups in total. The van der Waals surface area contributed by atoms with E-state index in [4.69, 9.17) is 33.2 Å². The summed E-state index contributed by atoms with van der Waals surface area (Å²) in [7, 11) is 0. The van der Waals surface area contributed by atoms with Crippen LogP contribution in [-0.2, 0) is 22.7 Å². The molecule has 2 aliphatic heterocycles. The Kier molecular flexibility index (Phi) is 16.9. The maximum Gasteiger partial charge on any atom is 0.266 e. The molecular formula is C66H64N6O2S7. The van der Waals surface area contributed by atoms with E-state index in [9.17, 15) is 9.59 Å². The summed E-state index contributed by atoms with van der Waals surface area (Å²) in [5.74, 6) is 0.0440. The first-order valence-electron chi connectivity index (χ1n) is 28.7. The van der Waals surface area contributed by atoms with Crippen molar-refractivity contribution >= 4 is 170 Å². The molecule has 0 spiro atoms. The van der Waals surface area contributed by atoms with Crippen LogP contribution in [0.1, 0.15) is 116 Å². The number of hydrogen-bond acceptors (Lipinski definition) is 11. The topological polar surface area (TPSA) is 76.3 Å². The van der Waals surface area contributed by atoms with Gasteiger partial charge in [-0.2, -0.15) is 8.75 Å². The number of aromatic nitrogens is 4. The Morgan fingerprint density at radius 1 is 0.444 bits per heavy atom. The summed E-state index contributed by atoms with van der Waals surface area (Å²) >= 11 is 19.1. The summed E-state index contributed by atoms with van der Waals surface area (Å²) in [4.78, 5) is 36.8. The lowest BCUT2D eigenvalue weighted by atomic mass is 10.0. The molecule has 412 valence electrons. The fraction of sp³-hybridized carbons (Fsp3) is 0.303. The second-order valence-electron chi connectivity index (χ2n) is 21.2. The number of thiocarbonyl (C=S) groups is 2. The highest BCUT2D eigenvalue weighted by molar-refractivity contribution is 8.27. The number of fused-ring (bicyclic) bond motifs is 7. The van der Waals surface area contributed by atoms with E-state index in [1.165, 1.54) is 140 Å². The van der Waals surface area contributed by atoms with Gasteiger partial charge in [0.15, 0.2) is 0 Å². The van der Waals surface area contributed by atoms with Crippen molar-refractivity contribution in [2.45, 2.75) is 118 Å². The minimum absolute atomic E-state index is 0.0220. The molecule has 12 rings (SSSR count). The van der Waals surface area contributed by atoms with E-state index in [0.717, 1.165) is 92.9 Å². The predicted molar refractivity (Wildman–Crippen MR) is 359 cm³/mol. The molecule has 81 heavy (non-hydrogen) atoms. The summed E-state index contributed by atoms with van der Waals surface area (Å²) in [5.41, 5.74) is 13.1. The molecule has 0 radical (unpaired) electrons. The normalized spacial score (nSPS) is 15.2. The number of benzene rings is 5. The zero-order chi connectivity index (χ0) is 55.7. The molecule has 2 fully saturated rings. The molecule has 0 unspecified atom stereocenters. The number of aryl methyl sites for hydroxylation is 2. The van der Waals surface area contributed by atoms with Gasteiger partial charge in [-0.25, -0.2) is 0 Å². The van der Waals surface area contributed by atoms with Crippen LogP contribution in [0.25, 0.3) is 109 Å². The van der Waals surface area contributed by atoms with Gasteiger partial charge in [0, 0.05) is 100 Å². The Hall–Kier alpha value is -5.78. The lowest BCUT2D eigenvalue weighted by molar-refractivity contribution is -0.123. The average molecular weight is 1200 g/mol. The fourth-order valence-corrected chi connectivity index (χ4v) is 17.0. The van der Waals surface area contributed by atoms with Crippen molar-refractivity contribution in [1.82, 2.24) is 27.7 Å². The van der Waals surface area contributed by atoms with Crippen molar-refractivity contribution in [3.63, 3.8) is 0 Å². The minimum Gasteiger partial charge on any atom is -0.341 e. The number of thiophene rings is 2. The summed E-state index contributed by atoms with van der Waals surface area (Å²) < 4.78 is 15.9. The van der Waals surface area contributed by atoms with Gasteiger partial charge < -0.3 is 9.13 Å². The van der Waals surface area contributed by atoms with Crippen LogP contribution in [0, 0.1) is 0 Å². The number of thioether (sulfide) groups is 2. The van der Waals surface area contributed by atoms with Crippen molar-refractivity contribution in [2.24, 2.45) is 0 Å². The SMILES string of the molecule is CCCCCCCCN1C(=O)/C(=C/c2ccc3c(c2)c2cc(-c4ccc(-c5ccc(-c6ccc(-c7ccc8c(c7)c7cc(/C=C9\SC(=S)N(CCCCCCCC)C9=O)ccc7n8CC)s6)c6nsnc56)s4)ccc2n3CC)SC1=S. The highest BCUT2D eigenvalue weighted by Gasteiger charge is 2.33. The van der Waals surface area contributed by atoms with Gasteiger partial charge in [-0.05, 0) is 134 Å². The van der Waals surface area contributed by atoms with Crippen LogP contribution in [0.4, 0.5) is 0 Å². The molecule has 5 aromatic heterocycles. The van der Waals surface area contributed by atoms with E-state index in [0.29, 0.717) is 31.5 Å². The Morgan fingerprint density at radius 2 is 0.827 bits per heavy atom. The molecule has 7 heterocycles. The second-order valence-corrected chi connectivity index (χ2v) is 27.2. The van der Waals surface area contributed by atoms with Gasteiger partial charge in [0.2, 0.25) is 0 Å². The molecular weight excluding hydrogens is 1130 g/mol. The van der Waals surface area contributed by atoms with Crippen molar-refractivity contribution in [3.8, 4) is 41.8 Å². The Morgan fingerprint density at radius 3 is 1.25 bits per heavy atom. The zero-order valence-corrected chi connectivity index (χ0v) is 51.9. The minimum atomic E-state index is 0.0220. The fourth-order valence-electron chi connectivity index (χ4n) is 11.7. The number of rotatable bonds is 22. The molecule has 2 saturated heterocycles. The third-order valence-corrected chi connectivity index (χ3v) is 21.6. The highest BCUT2D eigenvalue weighted by atomic mass is 32.2. The maximum atomic E-state index is 13.6. The van der Waals surface area contributed by atoms with Crippen molar-refractivity contribution < 1.29 is 9.59 Å². The number of unbranched alkanes of at least 4 members (excludes halogenated alkanes) is 10. The lowest BCUT2D eigenvalue weighted by Gasteiger charge is -2.14. The largest absolute Gasteiger partial charge is 0.341 e. The first-order valence-corrected chi connectivity index (χ1v) is 33.5. The lowest BCUT2D eigenvalue weighted by Crippen LogP contribution is -2.29. The van der Waals surface area contributed by atoms with Crippen LogP contribution in [0.5, 0.6) is 0 Å². The van der Waals surface area contributed by atoms with Gasteiger partial charge in [0.05, 0.1) is 21.5 Å². The molecule has 0 atom stereocenters. The van der Waals surface area contributed by atoms with Crippen LogP contribution in [0.2, 0.25) is 0 Å². The highest BCUT2D eigenvalue weighted by Crippen LogP contribution is 2.45. The molecule has 2 amide bonds. The van der Waals surface area contributed by atoms with Crippen LogP contribution < -0.4 is 0 Å². The second kappa shape index (κ2) is 24.6. The Bertz CT molecular complexity index is 3890. The molecule has 10 aromatic rings. The van der Waals surface area contributed by atoms with Crippen LogP contribution in [-0.4, -0.2) is 61.2 Å². The summed E-state index contributed by atoms with van der Waals surface area (Å²) in [6.07, 6.45) is 18.1. The van der Waals surface area contributed by atoms with Gasteiger partial charge in [0.25, 0.3) is 11.8 Å². The molecule has 8 nitrogen and oxygen atoms in total. The summed E-state index contributed by atoms with van der Waals surface area (Å²) in [6, 6.07) is 40.1. The van der Waals surface area contributed by atoms with Crippen LogP contribution in [0.15, 0.2) is 119 Å². The molecule has 2 aliphatic rings. The van der Waals surface area contributed by atoms with Crippen LogP contribution >= 0.6 is 82.4 Å². The van der Waals surface area contributed by atoms with E-state index in [2.05, 4.69) is 146 Å². The quantitative estimate of drug-likeness (QED) is 0.0377. The number of nitrogens with zero attached hydrogens (tertiary/aromatic N) is 6. The van der Waals surface area contributed by atoms with Gasteiger partial charge in [-0.15, -0.1) is 22.7 Å². The van der Waals surface area contributed by atoms with E-state index in [1.807, 2.05) is 12.2 Å². The Labute approximate surface area is 505 Å². The average Bonchev–Trinajstić information content (AvgIpc) is 4.58. The van der Waals surface area contributed by atoms with E-state index in [-0.39, 0.29) is 11.8 Å². The number of carbonyl (C=O) groups excluding carboxylic acids is 2. The summed E-state index contributed by atoms with van der Waals surface area (Å²) in [6.45, 7) is 11.9. The molecule has 0 bridgehead atoms. The van der Waals surface area contributed by atoms with Crippen molar-refractivity contribution in [1.29, 1.82) is 0 Å². The monoisotopic (exact) mass is 1200 g/mol. The third kappa shape index (κ3) is 11.0. The predicted octanol–water partition coefficient (Wildman–Crippen LogP) is 19.9. The Balaban J connectivity index is 0.781. The van der Waals surface area contributed by atoms with E-state index >= 15 is 0 Å². The molecule has 15 heteroatoms. The third-order valence-electron chi connectivity index (χ3n) is 16.0. The van der Waals surface area contributed by atoms with Crippen molar-refractivity contribution in [3.05, 3.63) is 130 Å². The van der Waals surface area contributed by atoms with Gasteiger partial charge >= 0.3 is 0 Å². The maximum absolute atomic E-state index is 13.6. The van der Waals surface area contributed by atoms with Gasteiger partial charge in [-0.3, -0.25) is 19.4 Å². The zero-order valence-electron chi connectivity index (χ0n) is 46.2. The van der Waals surface area contributed by atoms with Gasteiger partial charge in [0.1, 0.15) is 19.7 Å².